The van der Waals surface area contributed by atoms with Crippen LogP contribution in [0.1, 0.15) is 31.0 Å². The molecule has 34 heavy (non-hydrogen) atoms. The molecule has 1 aliphatic heterocycles. The van der Waals surface area contributed by atoms with Gasteiger partial charge in [-0.25, -0.2) is 4.79 Å². The molecule has 0 spiro atoms. The number of nitrogens with one attached hydrogen (secondary N) is 4. The number of ether oxygens (including phenoxy) is 1. The van der Waals surface area contributed by atoms with Crippen molar-refractivity contribution in [3.8, 4) is 0 Å². The number of carbonyl (C=O) groups is 1. The lowest BCUT2D eigenvalue weighted by Crippen LogP contribution is -2.45. The van der Waals surface area contributed by atoms with E-state index in [2.05, 4.69) is 21.3 Å². The highest BCUT2D eigenvalue weighted by Gasteiger charge is 2.34. The Morgan fingerprint density at radius 1 is 1.18 bits per heavy atom. The minimum absolute atomic E-state index is 0.0736. The number of hydrogen-bond donors (Lipinski definition) is 4. The predicted octanol–water partition coefficient (Wildman–Crippen LogP) is 5.52. The van der Waals surface area contributed by atoms with E-state index in [-0.39, 0.29) is 22.4 Å². The molecular weight excluding hydrogens is 509 g/mol. The first-order valence-electron chi connectivity index (χ1n) is 10.00. The quantitative estimate of drug-likeness (QED) is 0.298. The monoisotopic (exact) mass is 528 g/mol. The van der Waals surface area contributed by atoms with E-state index in [4.69, 9.17) is 40.8 Å². The second-order valence-corrected chi connectivity index (χ2v) is 8.38. The van der Waals surface area contributed by atoms with Gasteiger partial charge in [-0.1, -0.05) is 29.8 Å². The molecule has 12 heteroatoms. The van der Waals surface area contributed by atoms with Gasteiger partial charge >= 0.3 is 12.1 Å². The number of benzene rings is 2. The Kier molecular flexibility index (Phi) is 8.01. The van der Waals surface area contributed by atoms with Crippen LogP contribution >= 0.6 is 36.0 Å². The summed E-state index contributed by atoms with van der Waals surface area (Å²) in [6.07, 6.45) is -4.60. The van der Waals surface area contributed by atoms with E-state index in [0.717, 1.165) is 11.6 Å². The average molecular weight is 529 g/mol. The van der Waals surface area contributed by atoms with Crippen LogP contribution in [-0.4, -0.2) is 22.8 Å². The number of hydrogen-bond acceptors (Lipinski definition) is 4. The summed E-state index contributed by atoms with van der Waals surface area (Å²) in [4.78, 5) is 12.5. The van der Waals surface area contributed by atoms with Gasteiger partial charge in [0.05, 0.1) is 34.5 Å². The first kappa shape index (κ1) is 25.7. The Morgan fingerprint density at radius 3 is 2.47 bits per heavy atom. The number of thiocarbonyl (C=S) groups is 2. The van der Waals surface area contributed by atoms with Crippen LogP contribution in [0.3, 0.4) is 0 Å². The molecule has 0 amide bonds. The third-order valence-corrected chi connectivity index (χ3v) is 5.56. The highest BCUT2D eigenvalue weighted by Crippen LogP contribution is 2.38. The van der Waals surface area contributed by atoms with Crippen molar-refractivity contribution in [1.29, 1.82) is 0 Å². The number of para-hydroxylation sites is 1. The van der Waals surface area contributed by atoms with Crippen LogP contribution in [0.15, 0.2) is 53.7 Å². The predicted molar refractivity (Wildman–Crippen MR) is 134 cm³/mol. The molecule has 6 nitrogen and oxygen atoms in total. The molecule has 0 bridgehead atoms. The van der Waals surface area contributed by atoms with Gasteiger partial charge in [0.15, 0.2) is 10.2 Å². The normalized spacial score (nSPS) is 15.8. The number of alkyl halides is 3. The molecule has 3 rings (SSSR count). The molecule has 0 radical (unpaired) electrons. The molecule has 1 atom stereocenters. The van der Waals surface area contributed by atoms with E-state index in [1.165, 1.54) is 12.1 Å². The van der Waals surface area contributed by atoms with E-state index < -0.39 is 23.8 Å². The summed E-state index contributed by atoms with van der Waals surface area (Å²) in [5.74, 6) is -0.472. The van der Waals surface area contributed by atoms with E-state index in [1.807, 2.05) is 0 Å². The van der Waals surface area contributed by atoms with Crippen molar-refractivity contribution < 1.29 is 22.7 Å². The summed E-state index contributed by atoms with van der Waals surface area (Å²) < 4.78 is 45.1. The lowest BCUT2D eigenvalue weighted by atomic mass is 9.95. The van der Waals surface area contributed by atoms with Crippen molar-refractivity contribution in [2.45, 2.75) is 26.1 Å². The first-order valence-corrected chi connectivity index (χ1v) is 11.2. The lowest BCUT2D eigenvalue weighted by molar-refractivity contribution is -0.139. The van der Waals surface area contributed by atoms with Gasteiger partial charge < -0.3 is 26.0 Å². The third-order valence-electron chi connectivity index (χ3n) is 4.82. The van der Waals surface area contributed by atoms with Crippen molar-refractivity contribution >= 4 is 63.6 Å². The zero-order valence-corrected chi connectivity index (χ0v) is 20.4. The van der Waals surface area contributed by atoms with Gasteiger partial charge in [0.25, 0.3) is 0 Å². The maximum absolute atomic E-state index is 13.3. The van der Waals surface area contributed by atoms with Gasteiger partial charge in [-0.3, -0.25) is 0 Å². The topological polar surface area (TPSA) is 74.4 Å². The molecule has 2 aromatic rings. The van der Waals surface area contributed by atoms with Crippen LogP contribution in [-0.2, 0) is 15.7 Å². The SMILES string of the molecule is CCOC(=O)C1=C(C)NC(=S)NC1c1ccc(NC(=S)Nc2c(Cl)cccc2C(F)(F)F)cc1. The van der Waals surface area contributed by atoms with Crippen molar-refractivity contribution in [3.05, 3.63) is 69.9 Å². The molecular formula is C22H20ClF3N4O2S2. The Bertz CT molecular complexity index is 1150. The smallest absolute Gasteiger partial charge is 0.418 e. The van der Waals surface area contributed by atoms with E-state index in [0.29, 0.717) is 22.1 Å². The minimum Gasteiger partial charge on any atom is -0.463 e. The van der Waals surface area contributed by atoms with Crippen LogP contribution in [0.4, 0.5) is 24.5 Å². The number of allylic oxidation sites excluding steroid dienone is 1. The number of halogens is 4. The summed E-state index contributed by atoms with van der Waals surface area (Å²) >= 11 is 16.4. The number of anilines is 2. The van der Waals surface area contributed by atoms with E-state index in [9.17, 15) is 18.0 Å². The molecule has 0 aliphatic carbocycles. The van der Waals surface area contributed by atoms with Crippen molar-refractivity contribution in [3.63, 3.8) is 0 Å². The Hall–Kier alpha value is -2.89. The molecule has 4 N–H and O–H groups in total. The molecule has 0 saturated heterocycles. The van der Waals surface area contributed by atoms with Gasteiger partial charge in [0.2, 0.25) is 0 Å². The minimum atomic E-state index is -4.60. The van der Waals surface area contributed by atoms with Crippen LogP contribution in [0.5, 0.6) is 0 Å². The molecule has 1 unspecified atom stereocenters. The van der Waals surface area contributed by atoms with Crippen LogP contribution < -0.4 is 21.3 Å². The average Bonchev–Trinajstić information content (AvgIpc) is 2.74. The molecule has 0 aromatic heterocycles. The highest BCUT2D eigenvalue weighted by atomic mass is 35.5. The Balaban J connectivity index is 1.78. The van der Waals surface area contributed by atoms with E-state index >= 15 is 0 Å². The number of esters is 1. The highest BCUT2D eigenvalue weighted by molar-refractivity contribution is 7.80. The summed E-state index contributed by atoms with van der Waals surface area (Å²) in [6.45, 7) is 3.67. The summed E-state index contributed by atoms with van der Waals surface area (Å²) in [5.41, 5.74) is 0.948. The fourth-order valence-electron chi connectivity index (χ4n) is 3.35. The van der Waals surface area contributed by atoms with E-state index in [1.54, 1.807) is 38.1 Å². The van der Waals surface area contributed by atoms with Gasteiger partial charge in [0, 0.05) is 11.4 Å². The second-order valence-electron chi connectivity index (χ2n) is 7.15. The van der Waals surface area contributed by atoms with Crippen LogP contribution in [0, 0.1) is 0 Å². The maximum atomic E-state index is 13.3. The zero-order valence-electron chi connectivity index (χ0n) is 18.0. The van der Waals surface area contributed by atoms with Gasteiger partial charge in [-0.05, 0) is 68.1 Å². The molecule has 180 valence electrons. The van der Waals surface area contributed by atoms with Gasteiger partial charge in [-0.2, -0.15) is 13.2 Å². The zero-order chi connectivity index (χ0) is 25.0. The lowest BCUT2D eigenvalue weighted by Gasteiger charge is -2.30. The van der Waals surface area contributed by atoms with Gasteiger partial charge in [0.1, 0.15) is 0 Å². The van der Waals surface area contributed by atoms with Crippen molar-refractivity contribution in [2.24, 2.45) is 0 Å². The van der Waals surface area contributed by atoms with Crippen LogP contribution in [0.2, 0.25) is 5.02 Å². The maximum Gasteiger partial charge on any atom is 0.418 e. The molecule has 1 heterocycles. The summed E-state index contributed by atoms with van der Waals surface area (Å²) in [6, 6.07) is 9.75. The first-order chi connectivity index (χ1) is 16.0. The number of rotatable bonds is 5. The Labute approximate surface area is 209 Å². The molecule has 0 saturated carbocycles. The molecule has 1 aliphatic rings. The third kappa shape index (κ3) is 5.96. The van der Waals surface area contributed by atoms with Crippen molar-refractivity contribution in [2.75, 3.05) is 17.2 Å². The van der Waals surface area contributed by atoms with Crippen LogP contribution in [0.25, 0.3) is 0 Å². The van der Waals surface area contributed by atoms with Crippen molar-refractivity contribution in [1.82, 2.24) is 10.6 Å². The van der Waals surface area contributed by atoms with Gasteiger partial charge in [-0.15, -0.1) is 0 Å². The molecule has 2 aromatic carbocycles. The fraction of sp³-hybridized carbons (Fsp3) is 0.227. The largest absolute Gasteiger partial charge is 0.463 e. The summed E-state index contributed by atoms with van der Waals surface area (Å²) in [5, 5.41) is 11.5. The standard InChI is InChI=1S/C22H20ClF3N4O2S2/c1-3-32-19(31)16-11(2)27-20(33)29-17(16)12-7-9-13(10-8-12)28-21(34)30-18-14(22(24,25)26)5-4-6-15(18)23/h4-10,17H,3H2,1-2H3,(H2,27,29,33)(H2,28,30,34). The Morgan fingerprint density at radius 2 is 1.85 bits per heavy atom. The summed E-state index contributed by atoms with van der Waals surface area (Å²) in [7, 11) is 0. The second kappa shape index (κ2) is 10.6. The molecule has 0 fully saturated rings. The fourth-order valence-corrected chi connectivity index (χ4v) is 4.06. The number of carbonyl (C=O) groups excluding carboxylic acids is 1.